The van der Waals surface area contributed by atoms with E-state index in [1.165, 1.54) is 6.07 Å². The van der Waals surface area contributed by atoms with Gasteiger partial charge >= 0.3 is 5.97 Å². The minimum Gasteiger partial charge on any atom is -0.508 e. The van der Waals surface area contributed by atoms with Crippen LogP contribution in [0.3, 0.4) is 0 Å². The lowest BCUT2D eigenvalue weighted by Crippen LogP contribution is -2.37. The minimum atomic E-state index is -1.14. The molecule has 0 spiro atoms. The summed E-state index contributed by atoms with van der Waals surface area (Å²) >= 11 is 0. The zero-order valence-electron chi connectivity index (χ0n) is 10.0. The molecule has 0 heterocycles. The fourth-order valence-electron chi connectivity index (χ4n) is 2.04. The molecule has 19 heavy (non-hydrogen) atoms. The molecule has 98 valence electrons. The summed E-state index contributed by atoms with van der Waals surface area (Å²) < 4.78 is 0. The van der Waals surface area contributed by atoms with Crippen molar-refractivity contribution >= 4 is 23.2 Å². The highest BCUT2D eigenvalue weighted by Crippen LogP contribution is 2.28. The van der Waals surface area contributed by atoms with Gasteiger partial charge in [0.1, 0.15) is 11.8 Å². The average Bonchev–Trinajstić information content (AvgIpc) is 2.40. The molecule has 0 aliphatic heterocycles. The fraction of sp³-hybridized carbons (Fsp3) is 0.143. The lowest BCUT2D eigenvalue weighted by atomic mass is 9.98. The molecule has 0 fully saturated rings. The monoisotopic (exact) mass is 259 g/mol. The quantitative estimate of drug-likeness (QED) is 0.706. The molecule has 0 saturated heterocycles. The van der Waals surface area contributed by atoms with E-state index in [0.29, 0.717) is 12.0 Å². The van der Waals surface area contributed by atoms with Crippen LogP contribution in [-0.4, -0.2) is 28.6 Å². The van der Waals surface area contributed by atoms with Gasteiger partial charge in [-0.2, -0.15) is 0 Å². The summed E-state index contributed by atoms with van der Waals surface area (Å²) in [6, 6.07) is 9.59. The van der Waals surface area contributed by atoms with Gasteiger partial charge in [-0.05, 0) is 16.8 Å². The highest BCUT2D eigenvalue weighted by atomic mass is 16.4. The van der Waals surface area contributed by atoms with Crippen molar-refractivity contribution < 1.29 is 19.8 Å². The van der Waals surface area contributed by atoms with Crippen molar-refractivity contribution in [2.24, 2.45) is 0 Å². The van der Waals surface area contributed by atoms with E-state index in [9.17, 15) is 14.7 Å². The molecule has 0 aliphatic rings. The Hall–Kier alpha value is -2.56. The Bertz CT molecular complexity index is 624. The first kappa shape index (κ1) is 12.9. The first-order valence-electron chi connectivity index (χ1n) is 5.75. The van der Waals surface area contributed by atoms with E-state index in [1.807, 2.05) is 24.3 Å². The Balaban J connectivity index is 2.46. The SMILES string of the molecule is O=CNC(Cc1c(O)ccc2ccccc12)C(=O)O. The van der Waals surface area contributed by atoms with Crippen molar-refractivity contribution in [3.63, 3.8) is 0 Å². The third-order valence-electron chi connectivity index (χ3n) is 2.99. The van der Waals surface area contributed by atoms with E-state index in [1.54, 1.807) is 6.07 Å². The van der Waals surface area contributed by atoms with Gasteiger partial charge in [0.2, 0.25) is 6.41 Å². The number of carbonyl (C=O) groups is 2. The van der Waals surface area contributed by atoms with Crippen LogP contribution in [0.25, 0.3) is 10.8 Å². The lowest BCUT2D eigenvalue weighted by molar-refractivity contribution is -0.140. The second-order valence-corrected chi connectivity index (χ2v) is 4.16. The number of aliphatic carboxylic acids is 1. The molecule has 2 aromatic carbocycles. The van der Waals surface area contributed by atoms with Gasteiger partial charge in [-0.1, -0.05) is 30.3 Å². The first-order chi connectivity index (χ1) is 9.13. The van der Waals surface area contributed by atoms with Gasteiger partial charge in [0.15, 0.2) is 0 Å². The maximum Gasteiger partial charge on any atom is 0.326 e. The molecule has 1 unspecified atom stereocenters. The van der Waals surface area contributed by atoms with Crippen molar-refractivity contribution in [3.05, 3.63) is 42.0 Å². The van der Waals surface area contributed by atoms with E-state index in [2.05, 4.69) is 5.32 Å². The number of hydrogen-bond donors (Lipinski definition) is 3. The van der Waals surface area contributed by atoms with Gasteiger partial charge in [-0.3, -0.25) is 4.79 Å². The molecular formula is C14H13NO4. The van der Waals surface area contributed by atoms with Crippen LogP contribution in [0.4, 0.5) is 0 Å². The summed E-state index contributed by atoms with van der Waals surface area (Å²) in [5, 5.41) is 22.8. The highest BCUT2D eigenvalue weighted by Gasteiger charge is 2.20. The second-order valence-electron chi connectivity index (χ2n) is 4.16. The molecule has 2 aromatic rings. The Labute approximate surface area is 109 Å². The average molecular weight is 259 g/mol. The topological polar surface area (TPSA) is 86.6 Å². The molecule has 0 saturated carbocycles. The van der Waals surface area contributed by atoms with Crippen LogP contribution in [0.15, 0.2) is 36.4 Å². The Kier molecular flexibility index (Phi) is 3.66. The van der Waals surface area contributed by atoms with Crippen LogP contribution < -0.4 is 5.32 Å². The number of nitrogens with one attached hydrogen (secondary N) is 1. The van der Waals surface area contributed by atoms with Crippen molar-refractivity contribution in [3.8, 4) is 5.75 Å². The van der Waals surface area contributed by atoms with Crippen LogP contribution in [0, 0.1) is 0 Å². The van der Waals surface area contributed by atoms with E-state index in [-0.39, 0.29) is 12.2 Å². The zero-order valence-corrected chi connectivity index (χ0v) is 10.0. The minimum absolute atomic E-state index is 0.0256. The van der Waals surface area contributed by atoms with Crippen LogP contribution in [0.5, 0.6) is 5.75 Å². The number of carboxylic acids is 1. The van der Waals surface area contributed by atoms with Crippen molar-refractivity contribution in [2.45, 2.75) is 12.5 Å². The van der Waals surface area contributed by atoms with Crippen LogP contribution >= 0.6 is 0 Å². The number of phenols is 1. The van der Waals surface area contributed by atoms with Gasteiger partial charge in [-0.15, -0.1) is 0 Å². The number of benzene rings is 2. The molecule has 5 heteroatoms. The smallest absolute Gasteiger partial charge is 0.326 e. The Morgan fingerprint density at radius 3 is 2.68 bits per heavy atom. The van der Waals surface area contributed by atoms with Crippen molar-refractivity contribution in [1.29, 1.82) is 0 Å². The standard InChI is InChI=1S/C14H13NO4/c16-8-15-12(14(18)19)7-11-10-4-2-1-3-9(10)5-6-13(11)17/h1-6,8,12,17H,7H2,(H,15,16)(H,18,19). The van der Waals surface area contributed by atoms with Crippen molar-refractivity contribution in [2.75, 3.05) is 0 Å². The van der Waals surface area contributed by atoms with E-state index in [0.717, 1.165) is 10.8 Å². The number of rotatable bonds is 5. The molecular weight excluding hydrogens is 246 g/mol. The van der Waals surface area contributed by atoms with Crippen LogP contribution in [0.1, 0.15) is 5.56 Å². The highest BCUT2D eigenvalue weighted by molar-refractivity contribution is 5.88. The summed E-state index contributed by atoms with van der Waals surface area (Å²) in [4.78, 5) is 21.5. The number of carboxylic acid groups (broad SMARTS) is 1. The third-order valence-corrected chi connectivity index (χ3v) is 2.99. The van der Waals surface area contributed by atoms with Crippen LogP contribution in [-0.2, 0) is 16.0 Å². The number of fused-ring (bicyclic) bond motifs is 1. The molecule has 0 radical (unpaired) electrons. The number of amides is 1. The van der Waals surface area contributed by atoms with Gasteiger partial charge in [0, 0.05) is 12.0 Å². The first-order valence-corrected chi connectivity index (χ1v) is 5.75. The predicted molar refractivity (Wildman–Crippen MR) is 69.9 cm³/mol. The van der Waals surface area contributed by atoms with E-state index in [4.69, 9.17) is 5.11 Å². The number of phenolic OH excluding ortho intramolecular Hbond substituents is 1. The summed E-state index contributed by atoms with van der Waals surface area (Å²) in [6.07, 6.45) is 0.377. The molecule has 0 aromatic heterocycles. The molecule has 3 N–H and O–H groups in total. The summed E-state index contributed by atoms with van der Waals surface area (Å²) in [5.41, 5.74) is 0.514. The third kappa shape index (κ3) is 2.65. The Morgan fingerprint density at radius 1 is 1.26 bits per heavy atom. The van der Waals surface area contributed by atoms with Gasteiger partial charge < -0.3 is 15.5 Å². The van der Waals surface area contributed by atoms with E-state index >= 15 is 0 Å². The summed E-state index contributed by atoms with van der Waals surface area (Å²) in [7, 11) is 0. The molecule has 0 aliphatic carbocycles. The molecule has 5 nitrogen and oxygen atoms in total. The maximum absolute atomic E-state index is 11.0. The van der Waals surface area contributed by atoms with Crippen molar-refractivity contribution in [1.82, 2.24) is 5.32 Å². The normalized spacial score (nSPS) is 12.0. The van der Waals surface area contributed by atoms with Crippen LogP contribution in [0.2, 0.25) is 0 Å². The lowest BCUT2D eigenvalue weighted by Gasteiger charge is -2.14. The second kappa shape index (κ2) is 5.39. The fourth-order valence-corrected chi connectivity index (χ4v) is 2.04. The predicted octanol–water partition coefficient (Wildman–Crippen LogP) is 1.29. The number of hydrogen-bond acceptors (Lipinski definition) is 3. The van der Waals surface area contributed by atoms with E-state index < -0.39 is 12.0 Å². The van der Waals surface area contributed by atoms with Gasteiger partial charge in [0.25, 0.3) is 0 Å². The largest absolute Gasteiger partial charge is 0.508 e. The Morgan fingerprint density at radius 2 is 2.00 bits per heavy atom. The van der Waals surface area contributed by atoms with Gasteiger partial charge in [-0.25, -0.2) is 4.79 Å². The number of carbonyl (C=O) groups excluding carboxylic acids is 1. The van der Waals surface area contributed by atoms with Gasteiger partial charge in [0.05, 0.1) is 0 Å². The molecule has 1 atom stereocenters. The molecule has 1 amide bonds. The zero-order chi connectivity index (χ0) is 13.8. The summed E-state index contributed by atoms with van der Waals surface area (Å²) in [5.74, 6) is -1.11. The molecule has 2 rings (SSSR count). The molecule has 0 bridgehead atoms. The number of aromatic hydroxyl groups is 1. The maximum atomic E-state index is 11.0. The summed E-state index contributed by atoms with van der Waals surface area (Å²) in [6.45, 7) is 0.